The fourth-order valence-corrected chi connectivity index (χ4v) is 1.96. The van der Waals surface area contributed by atoms with Crippen LogP contribution >= 0.6 is 0 Å². The molecule has 0 heterocycles. The molecule has 0 aromatic heterocycles. The summed E-state index contributed by atoms with van der Waals surface area (Å²) < 4.78 is 0. The van der Waals surface area contributed by atoms with E-state index in [1.165, 1.54) is 24.3 Å². The Bertz CT molecular complexity index is 703. The Labute approximate surface area is 119 Å². The number of rotatable bonds is 4. The number of phenols is 3. The highest BCUT2D eigenvalue weighted by atomic mass is 16.4. The second-order valence-corrected chi connectivity index (χ2v) is 4.46. The van der Waals surface area contributed by atoms with Gasteiger partial charge in [-0.15, -0.1) is 0 Å². The van der Waals surface area contributed by atoms with E-state index in [9.17, 15) is 19.8 Å². The third-order valence-electron chi connectivity index (χ3n) is 2.91. The summed E-state index contributed by atoms with van der Waals surface area (Å²) in [7, 11) is 0. The number of phenolic OH excluding ortho intramolecular Hbond substituents is 3. The van der Waals surface area contributed by atoms with Crippen molar-refractivity contribution in [2.24, 2.45) is 0 Å². The van der Waals surface area contributed by atoms with Crippen LogP contribution in [0, 0.1) is 0 Å². The number of ketones is 1. The maximum atomic E-state index is 12.2. The van der Waals surface area contributed by atoms with Gasteiger partial charge in [0.2, 0.25) is 0 Å². The van der Waals surface area contributed by atoms with Gasteiger partial charge in [0.1, 0.15) is 17.2 Å². The molecule has 4 N–H and O–H groups in total. The maximum Gasteiger partial charge on any atom is 0.336 e. The van der Waals surface area contributed by atoms with Gasteiger partial charge in [-0.1, -0.05) is 12.1 Å². The monoisotopic (exact) mass is 288 g/mol. The predicted molar refractivity (Wildman–Crippen MR) is 72.9 cm³/mol. The molecule has 0 radical (unpaired) electrons. The molecule has 0 amide bonds. The fraction of sp³-hybridized carbons (Fsp3) is 0.0667. The standard InChI is InChI=1S/C15H12O6/c16-9-3-1-8(2-4-9)5-12(18)14-11(15(20)21)6-10(17)7-13(14)19/h1-4,6-7,16-17,19H,5H2,(H,20,21). The van der Waals surface area contributed by atoms with Crippen molar-refractivity contribution in [2.45, 2.75) is 6.42 Å². The molecule has 0 saturated heterocycles. The summed E-state index contributed by atoms with van der Waals surface area (Å²) in [5, 5.41) is 37.3. The number of aromatic carboxylic acids is 1. The molecule has 0 unspecified atom stereocenters. The molecular weight excluding hydrogens is 276 g/mol. The first kappa shape index (κ1) is 14.4. The van der Waals surface area contributed by atoms with Crippen LogP contribution in [-0.2, 0) is 6.42 Å². The molecule has 0 aliphatic heterocycles. The highest BCUT2D eigenvalue weighted by Crippen LogP contribution is 2.28. The minimum atomic E-state index is -1.42. The molecule has 0 fully saturated rings. The Hall–Kier alpha value is -3.02. The summed E-state index contributed by atoms with van der Waals surface area (Å²) in [6.07, 6.45) is -0.140. The third kappa shape index (κ3) is 3.11. The van der Waals surface area contributed by atoms with Gasteiger partial charge in [0, 0.05) is 12.5 Å². The highest BCUT2D eigenvalue weighted by molar-refractivity contribution is 6.08. The van der Waals surface area contributed by atoms with Crippen molar-refractivity contribution >= 4 is 11.8 Å². The average molecular weight is 288 g/mol. The van der Waals surface area contributed by atoms with Gasteiger partial charge in [-0.2, -0.15) is 0 Å². The largest absolute Gasteiger partial charge is 0.508 e. The van der Waals surface area contributed by atoms with Gasteiger partial charge in [-0.3, -0.25) is 4.79 Å². The number of hydrogen-bond acceptors (Lipinski definition) is 5. The Morgan fingerprint density at radius 3 is 2.10 bits per heavy atom. The molecule has 108 valence electrons. The minimum Gasteiger partial charge on any atom is -0.508 e. The normalized spacial score (nSPS) is 10.3. The lowest BCUT2D eigenvalue weighted by Gasteiger charge is -2.09. The van der Waals surface area contributed by atoms with Crippen molar-refractivity contribution in [3.05, 3.63) is 53.1 Å². The Morgan fingerprint density at radius 1 is 0.905 bits per heavy atom. The number of Topliss-reactive ketones (excluding diaryl/α,β-unsaturated/α-hetero) is 1. The minimum absolute atomic E-state index is 0.0462. The molecule has 0 atom stereocenters. The molecule has 0 bridgehead atoms. The zero-order valence-electron chi connectivity index (χ0n) is 10.8. The molecule has 2 aromatic carbocycles. The topological polar surface area (TPSA) is 115 Å². The van der Waals surface area contributed by atoms with Crippen molar-refractivity contribution in [2.75, 3.05) is 0 Å². The zero-order chi connectivity index (χ0) is 15.6. The van der Waals surface area contributed by atoms with Crippen LogP contribution in [0.4, 0.5) is 0 Å². The zero-order valence-corrected chi connectivity index (χ0v) is 10.8. The van der Waals surface area contributed by atoms with E-state index in [2.05, 4.69) is 0 Å². The number of benzene rings is 2. The second-order valence-electron chi connectivity index (χ2n) is 4.46. The Kier molecular flexibility index (Phi) is 3.80. The van der Waals surface area contributed by atoms with Gasteiger partial charge in [-0.25, -0.2) is 4.79 Å². The van der Waals surface area contributed by atoms with Crippen molar-refractivity contribution in [3.8, 4) is 17.2 Å². The van der Waals surface area contributed by atoms with Crippen LogP contribution in [0.2, 0.25) is 0 Å². The van der Waals surface area contributed by atoms with Crippen molar-refractivity contribution in [1.82, 2.24) is 0 Å². The molecule has 0 aliphatic carbocycles. The average Bonchev–Trinajstić information content (AvgIpc) is 2.40. The van der Waals surface area contributed by atoms with Gasteiger partial charge >= 0.3 is 5.97 Å². The summed E-state index contributed by atoms with van der Waals surface area (Å²) >= 11 is 0. The molecule has 6 nitrogen and oxygen atoms in total. The van der Waals surface area contributed by atoms with Crippen LogP contribution in [0.5, 0.6) is 17.2 Å². The summed E-state index contributed by atoms with van der Waals surface area (Å²) in [4.78, 5) is 23.3. The molecule has 21 heavy (non-hydrogen) atoms. The summed E-state index contributed by atoms with van der Waals surface area (Å²) in [5.74, 6) is -3.00. The fourth-order valence-electron chi connectivity index (χ4n) is 1.96. The summed E-state index contributed by atoms with van der Waals surface area (Å²) in [6.45, 7) is 0. The van der Waals surface area contributed by atoms with Crippen LogP contribution < -0.4 is 0 Å². The third-order valence-corrected chi connectivity index (χ3v) is 2.91. The van der Waals surface area contributed by atoms with Gasteiger partial charge in [-0.05, 0) is 23.8 Å². The van der Waals surface area contributed by atoms with Crippen LogP contribution in [0.3, 0.4) is 0 Å². The first-order valence-electron chi connectivity index (χ1n) is 5.99. The molecule has 0 saturated carbocycles. The number of carboxylic acid groups (broad SMARTS) is 1. The maximum absolute atomic E-state index is 12.2. The van der Waals surface area contributed by atoms with E-state index in [0.717, 1.165) is 12.1 Å². The van der Waals surface area contributed by atoms with Gasteiger partial charge in [0.15, 0.2) is 5.78 Å². The molecule has 6 heteroatoms. The quantitative estimate of drug-likeness (QED) is 0.639. The molecular formula is C15H12O6. The van der Waals surface area contributed by atoms with Crippen LogP contribution in [0.1, 0.15) is 26.3 Å². The van der Waals surface area contributed by atoms with Crippen molar-refractivity contribution in [1.29, 1.82) is 0 Å². The van der Waals surface area contributed by atoms with E-state index in [0.29, 0.717) is 5.56 Å². The van der Waals surface area contributed by atoms with Gasteiger partial charge in [0.05, 0.1) is 11.1 Å². The smallest absolute Gasteiger partial charge is 0.336 e. The molecule has 2 rings (SSSR count). The van der Waals surface area contributed by atoms with E-state index in [1.54, 1.807) is 0 Å². The lowest BCUT2D eigenvalue weighted by atomic mass is 9.97. The summed E-state index contributed by atoms with van der Waals surface area (Å²) in [5.41, 5.74) is -0.258. The van der Waals surface area contributed by atoms with E-state index in [1.807, 2.05) is 0 Å². The SMILES string of the molecule is O=C(O)c1cc(O)cc(O)c1C(=O)Cc1ccc(O)cc1. The van der Waals surface area contributed by atoms with Crippen LogP contribution in [0.15, 0.2) is 36.4 Å². The second kappa shape index (κ2) is 5.54. The Morgan fingerprint density at radius 2 is 1.52 bits per heavy atom. The number of aromatic hydroxyl groups is 3. The van der Waals surface area contributed by atoms with Crippen LogP contribution in [0.25, 0.3) is 0 Å². The Balaban J connectivity index is 2.39. The molecule has 0 spiro atoms. The van der Waals surface area contributed by atoms with Gasteiger partial charge in [0.25, 0.3) is 0 Å². The van der Waals surface area contributed by atoms with E-state index in [-0.39, 0.29) is 17.7 Å². The molecule has 2 aromatic rings. The van der Waals surface area contributed by atoms with Gasteiger partial charge < -0.3 is 20.4 Å². The van der Waals surface area contributed by atoms with E-state index in [4.69, 9.17) is 10.2 Å². The first-order valence-corrected chi connectivity index (χ1v) is 5.99. The van der Waals surface area contributed by atoms with Crippen molar-refractivity contribution < 1.29 is 30.0 Å². The molecule has 0 aliphatic rings. The number of carboxylic acids is 1. The number of carbonyl (C=O) groups is 2. The predicted octanol–water partition coefficient (Wildman–Crippen LogP) is 1.93. The van der Waals surface area contributed by atoms with Crippen molar-refractivity contribution in [3.63, 3.8) is 0 Å². The highest BCUT2D eigenvalue weighted by Gasteiger charge is 2.22. The summed E-state index contributed by atoms with van der Waals surface area (Å²) in [6, 6.07) is 7.66. The first-order chi connectivity index (χ1) is 9.88. The lowest BCUT2D eigenvalue weighted by Crippen LogP contribution is -2.11. The number of hydrogen-bond donors (Lipinski definition) is 4. The number of carbonyl (C=O) groups excluding carboxylic acids is 1. The van der Waals surface area contributed by atoms with E-state index >= 15 is 0 Å². The van der Waals surface area contributed by atoms with E-state index < -0.39 is 28.8 Å². The lowest BCUT2D eigenvalue weighted by molar-refractivity contribution is 0.0690. The van der Waals surface area contributed by atoms with Crippen LogP contribution in [-0.4, -0.2) is 32.2 Å².